The summed E-state index contributed by atoms with van der Waals surface area (Å²) in [5.74, 6) is 0.0182. The van der Waals surface area contributed by atoms with E-state index in [0.29, 0.717) is 19.5 Å². The summed E-state index contributed by atoms with van der Waals surface area (Å²) in [6.45, 7) is 3.25. The summed E-state index contributed by atoms with van der Waals surface area (Å²) in [5.41, 5.74) is 2.11. The molecule has 6 nitrogen and oxygen atoms in total. The fraction of sp³-hybridized carbons (Fsp3) is 0.625. The van der Waals surface area contributed by atoms with Crippen molar-refractivity contribution >= 4 is 10.0 Å². The van der Waals surface area contributed by atoms with Crippen LogP contribution in [0.15, 0.2) is 6.20 Å². The fourth-order valence-electron chi connectivity index (χ4n) is 1.18. The molecular weight excluding hydrogens is 216 g/mol. The fourth-order valence-corrected chi connectivity index (χ4v) is 1.72. The predicted molar refractivity (Wildman–Crippen MR) is 57.6 cm³/mol. The Morgan fingerprint density at radius 3 is 2.87 bits per heavy atom. The van der Waals surface area contributed by atoms with E-state index in [1.54, 1.807) is 6.20 Å². The summed E-state index contributed by atoms with van der Waals surface area (Å²) in [4.78, 5) is 0. The highest BCUT2D eigenvalue weighted by molar-refractivity contribution is 7.89. The van der Waals surface area contributed by atoms with Crippen molar-refractivity contribution in [3.63, 3.8) is 0 Å². The van der Waals surface area contributed by atoms with E-state index in [-0.39, 0.29) is 5.75 Å². The van der Waals surface area contributed by atoms with E-state index in [0.717, 1.165) is 11.3 Å². The number of rotatable bonds is 6. The zero-order chi connectivity index (χ0) is 11.3. The minimum absolute atomic E-state index is 0.0182. The zero-order valence-corrected chi connectivity index (χ0v) is 9.47. The highest BCUT2D eigenvalue weighted by Gasteiger charge is 2.02. The largest absolute Gasteiger partial charge is 0.313 e. The molecule has 4 N–H and O–H groups in total. The van der Waals surface area contributed by atoms with Crippen molar-refractivity contribution in [1.29, 1.82) is 0 Å². The summed E-state index contributed by atoms with van der Waals surface area (Å²) in [7, 11) is -3.33. The van der Waals surface area contributed by atoms with Gasteiger partial charge < -0.3 is 5.32 Å². The Bertz CT molecular complexity index is 399. The number of aromatic nitrogens is 2. The molecule has 7 heteroatoms. The maximum absolute atomic E-state index is 10.6. The predicted octanol–water partition coefficient (Wildman–Crippen LogP) is -0.514. The minimum atomic E-state index is -3.33. The molecule has 0 aliphatic rings. The van der Waals surface area contributed by atoms with Crippen LogP contribution in [0.3, 0.4) is 0 Å². The third-order valence-corrected chi connectivity index (χ3v) is 2.89. The maximum Gasteiger partial charge on any atom is 0.209 e. The summed E-state index contributed by atoms with van der Waals surface area (Å²) < 4.78 is 21.2. The van der Waals surface area contributed by atoms with Gasteiger partial charge in [-0.3, -0.25) is 5.10 Å². The van der Waals surface area contributed by atoms with E-state index in [4.69, 9.17) is 5.14 Å². The molecule has 0 atom stereocenters. The van der Waals surface area contributed by atoms with Crippen LogP contribution in [0.4, 0.5) is 0 Å². The highest BCUT2D eigenvalue weighted by atomic mass is 32.2. The molecule has 1 heterocycles. The Hall–Kier alpha value is -0.920. The van der Waals surface area contributed by atoms with Crippen LogP contribution in [0.5, 0.6) is 0 Å². The van der Waals surface area contributed by atoms with Crippen LogP contribution in [0.1, 0.15) is 17.7 Å². The first-order valence-electron chi connectivity index (χ1n) is 4.69. The second kappa shape index (κ2) is 5.24. The van der Waals surface area contributed by atoms with Crippen LogP contribution in [0.25, 0.3) is 0 Å². The first-order valence-corrected chi connectivity index (χ1v) is 6.40. The highest BCUT2D eigenvalue weighted by Crippen LogP contribution is 2.00. The summed E-state index contributed by atoms with van der Waals surface area (Å²) >= 11 is 0. The minimum Gasteiger partial charge on any atom is -0.313 e. The van der Waals surface area contributed by atoms with Crippen LogP contribution in [0, 0.1) is 6.92 Å². The molecule has 0 aliphatic carbocycles. The van der Waals surface area contributed by atoms with Crippen LogP contribution in [0.2, 0.25) is 0 Å². The molecule has 0 bridgehead atoms. The van der Waals surface area contributed by atoms with Crippen LogP contribution in [-0.4, -0.2) is 30.9 Å². The van der Waals surface area contributed by atoms with Gasteiger partial charge in [-0.2, -0.15) is 5.10 Å². The Morgan fingerprint density at radius 2 is 2.33 bits per heavy atom. The number of sulfonamides is 1. The van der Waals surface area contributed by atoms with E-state index in [9.17, 15) is 8.42 Å². The van der Waals surface area contributed by atoms with E-state index in [1.165, 1.54) is 0 Å². The number of H-pyrrole nitrogens is 1. The lowest BCUT2D eigenvalue weighted by Gasteiger charge is -2.02. The van der Waals surface area contributed by atoms with Crippen molar-refractivity contribution in [1.82, 2.24) is 15.5 Å². The van der Waals surface area contributed by atoms with Gasteiger partial charge in [-0.15, -0.1) is 0 Å². The second-order valence-electron chi connectivity index (χ2n) is 3.42. The van der Waals surface area contributed by atoms with Crippen molar-refractivity contribution in [2.75, 3.05) is 12.3 Å². The van der Waals surface area contributed by atoms with Crippen LogP contribution in [-0.2, 0) is 16.6 Å². The molecule has 15 heavy (non-hydrogen) atoms. The first kappa shape index (κ1) is 12.2. The van der Waals surface area contributed by atoms with E-state index >= 15 is 0 Å². The van der Waals surface area contributed by atoms with Gasteiger partial charge >= 0.3 is 0 Å². The first-order chi connectivity index (χ1) is 6.99. The molecule has 0 amide bonds. The van der Waals surface area contributed by atoms with Crippen LogP contribution >= 0.6 is 0 Å². The molecule has 0 saturated carbocycles. The van der Waals surface area contributed by atoms with Crippen molar-refractivity contribution in [3.8, 4) is 0 Å². The van der Waals surface area contributed by atoms with Gasteiger partial charge in [-0.1, -0.05) is 0 Å². The van der Waals surface area contributed by atoms with Crippen molar-refractivity contribution in [2.24, 2.45) is 5.14 Å². The Labute approximate surface area is 89.3 Å². The van der Waals surface area contributed by atoms with Gasteiger partial charge in [-0.25, -0.2) is 13.6 Å². The number of nitrogens with one attached hydrogen (secondary N) is 2. The molecule has 0 aliphatic heterocycles. The van der Waals surface area contributed by atoms with E-state index in [1.807, 2.05) is 6.92 Å². The molecule has 1 aromatic heterocycles. The third-order valence-electron chi connectivity index (χ3n) is 2.03. The molecule has 0 unspecified atom stereocenters. The number of nitrogens with two attached hydrogens (primary N) is 1. The lowest BCUT2D eigenvalue weighted by Crippen LogP contribution is -2.22. The molecular formula is C8H16N4O2S. The SMILES string of the molecule is Cc1[nH]ncc1CNCCCS(N)(=O)=O. The third kappa shape index (κ3) is 4.91. The number of nitrogens with zero attached hydrogens (tertiary/aromatic N) is 1. The number of hydrogen-bond donors (Lipinski definition) is 3. The summed E-state index contributed by atoms with van der Waals surface area (Å²) in [6, 6.07) is 0. The maximum atomic E-state index is 10.6. The average Bonchev–Trinajstić information content (AvgIpc) is 2.49. The second-order valence-corrected chi connectivity index (χ2v) is 5.15. The van der Waals surface area contributed by atoms with Gasteiger partial charge in [0.1, 0.15) is 0 Å². The Balaban J connectivity index is 2.15. The van der Waals surface area contributed by atoms with Crippen molar-refractivity contribution < 1.29 is 8.42 Å². The Kier molecular flexibility index (Phi) is 4.25. The van der Waals surface area contributed by atoms with E-state index < -0.39 is 10.0 Å². The lowest BCUT2D eigenvalue weighted by atomic mass is 10.2. The molecule has 0 radical (unpaired) electrons. The normalized spacial score (nSPS) is 11.9. The smallest absolute Gasteiger partial charge is 0.209 e. The van der Waals surface area contributed by atoms with Crippen LogP contribution < -0.4 is 10.5 Å². The number of aryl methyl sites for hydroxylation is 1. The topological polar surface area (TPSA) is 101 Å². The van der Waals surface area contributed by atoms with Gasteiger partial charge in [-0.05, 0) is 19.9 Å². The van der Waals surface area contributed by atoms with E-state index in [2.05, 4.69) is 15.5 Å². The van der Waals surface area contributed by atoms with Gasteiger partial charge in [0, 0.05) is 17.8 Å². The van der Waals surface area contributed by atoms with Crippen molar-refractivity contribution in [2.45, 2.75) is 19.9 Å². The molecule has 86 valence electrons. The Morgan fingerprint density at radius 1 is 1.60 bits per heavy atom. The number of aromatic amines is 1. The molecule has 0 aromatic carbocycles. The average molecular weight is 232 g/mol. The van der Waals surface area contributed by atoms with Gasteiger partial charge in [0.05, 0.1) is 11.9 Å². The van der Waals surface area contributed by atoms with Gasteiger partial charge in [0.2, 0.25) is 10.0 Å². The quantitative estimate of drug-likeness (QED) is 0.575. The number of hydrogen-bond acceptors (Lipinski definition) is 4. The molecule has 1 aromatic rings. The molecule has 0 spiro atoms. The zero-order valence-electron chi connectivity index (χ0n) is 8.66. The summed E-state index contributed by atoms with van der Waals surface area (Å²) in [5, 5.41) is 14.7. The summed E-state index contributed by atoms with van der Waals surface area (Å²) in [6.07, 6.45) is 2.28. The lowest BCUT2D eigenvalue weighted by molar-refractivity contribution is 0.590. The molecule has 1 rings (SSSR count). The molecule has 0 saturated heterocycles. The van der Waals surface area contributed by atoms with Gasteiger partial charge in [0.15, 0.2) is 0 Å². The molecule has 0 fully saturated rings. The van der Waals surface area contributed by atoms with Crippen molar-refractivity contribution in [3.05, 3.63) is 17.5 Å². The monoisotopic (exact) mass is 232 g/mol. The standard InChI is InChI=1S/C8H16N4O2S/c1-7-8(6-11-12-7)5-10-3-2-4-15(9,13)14/h6,10H,2-5H2,1H3,(H,11,12)(H2,9,13,14). The van der Waals surface area contributed by atoms with Gasteiger partial charge in [0.25, 0.3) is 0 Å². The number of primary sulfonamides is 1.